The van der Waals surface area contributed by atoms with Crippen LogP contribution in [0.4, 0.5) is 0 Å². The Balaban J connectivity index is 4.61. The molecule has 152 valence electrons. The monoisotopic (exact) mass is 377 g/mol. The van der Waals surface area contributed by atoms with Crippen molar-refractivity contribution in [1.82, 2.24) is 5.32 Å². The van der Waals surface area contributed by atoms with Crippen molar-refractivity contribution in [2.75, 3.05) is 19.8 Å². The van der Waals surface area contributed by atoms with Crippen LogP contribution in [0.5, 0.6) is 0 Å². The molecule has 0 aromatic rings. The number of nitrogens with one attached hydrogen (secondary N) is 1. The van der Waals surface area contributed by atoms with E-state index in [-0.39, 0.29) is 0 Å². The number of rotatable bonds is 18. The first kappa shape index (κ1) is 25.1. The van der Waals surface area contributed by atoms with E-state index in [0.29, 0.717) is 13.2 Å². The average molecular weight is 378 g/mol. The molecule has 0 saturated carbocycles. The molecule has 0 spiro atoms. The van der Waals surface area contributed by atoms with E-state index in [1.807, 2.05) is 6.92 Å². The largest absolute Gasteiger partial charge is 0.350 e. The summed E-state index contributed by atoms with van der Waals surface area (Å²) in [5.74, 6) is 0. The molecule has 4 nitrogen and oxygen atoms in total. The minimum atomic E-state index is -3.18. The number of unbranched alkanes of at least 4 members (excludes halogenated alkanes) is 7. The Hall–Kier alpha value is 0.110. The maximum absolute atomic E-state index is 13.5. The summed E-state index contributed by atoms with van der Waals surface area (Å²) < 4.78 is 25.2. The Labute approximate surface area is 157 Å². The van der Waals surface area contributed by atoms with Crippen molar-refractivity contribution < 1.29 is 13.6 Å². The SMILES string of the molecule is CCCCCCCCNC(C)(CC)P(=O)(OCCCC)OCCCC. The second-order valence-electron chi connectivity index (χ2n) is 7.19. The van der Waals surface area contributed by atoms with Gasteiger partial charge in [0.05, 0.1) is 13.2 Å². The highest BCUT2D eigenvalue weighted by molar-refractivity contribution is 7.55. The zero-order valence-electron chi connectivity index (χ0n) is 17.6. The van der Waals surface area contributed by atoms with E-state index in [4.69, 9.17) is 9.05 Å². The molecule has 0 aliphatic carbocycles. The van der Waals surface area contributed by atoms with Gasteiger partial charge >= 0.3 is 7.60 Å². The highest BCUT2D eigenvalue weighted by atomic mass is 31.2. The second-order valence-corrected chi connectivity index (χ2v) is 9.69. The van der Waals surface area contributed by atoms with Crippen molar-refractivity contribution >= 4 is 7.60 Å². The van der Waals surface area contributed by atoms with Gasteiger partial charge in [0.2, 0.25) is 0 Å². The lowest BCUT2D eigenvalue weighted by Crippen LogP contribution is -2.43. The molecule has 0 aromatic carbocycles. The van der Waals surface area contributed by atoms with Crippen LogP contribution in [-0.4, -0.2) is 25.0 Å². The summed E-state index contributed by atoms with van der Waals surface area (Å²) in [5.41, 5.74) is 0. The molecule has 1 atom stereocenters. The third-order valence-corrected chi connectivity index (χ3v) is 7.58. The summed E-state index contributed by atoms with van der Waals surface area (Å²) >= 11 is 0. The van der Waals surface area contributed by atoms with Crippen LogP contribution in [0.2, 0.25) is 0 Å². The molecule has 1 N–H and O–H groups in total. The molecular weight excluding hydrogens is 333 g/mol. The molecule has 0 aromatic heterocycles. The normalized spacial score (nSPS) is 14.6. The fourth-order valence-electron chi connectivity index (χ4n) is 2.66. The highest BCUT2D eigenvalue weighted by Crippen LogP contribution is 2.60. The van der Waals surface area contributed by atoms with E-state index in [9.17, 15) is 4.57 Å². The van der Waals surface area contributed by atoms with E-state index < -0.39 is 12.9 Å². The summed E-state index contributed by atoms with van der Waals surface area (Å²) in [6, 6.07) is 0. The van der Waals surface area contributed by atoms with Crippen molar-refractivity contribution in [2.45, 2.75) is 111 Å². The van der Waals surface area contributed by atoms with E-state index in [0.717, 1.165) is 45.1 Å². The van der Waals surface area contributed by atoms with E-state index in [2.05, 4.69) is 33.0 Å². The summed E-state index contributed by atoms with van der Waals surface area (Å²) in [4.78, 5) is 0. The van der Waals surface area contributed by atoms with Gasteiger partial charge in [-0.1, -0.05) is 72.6 Å². The van der Waals surface area contributed by atoms with Crippen LogP contribution in [0, 0.1) is 0 Å². The van der Waals surface area contributed by atoms with Gasteiger partial charge in [0.25, 0.3) is 0 Å². The van der Waals surface area contributed by atoms with Gasteiger partial charge in [-0.25, -0.2) is 0 Å². The fraction of sp³-hybridized carbons (Fsp3) is 1.00. The van der Waals surface area contributed by atoms with Gasteiger partial charge in [-0.15, -0.1) is 0 Å². The molecule has 0 aliphatic heterocycles. The summed E-state index contributed by atoms with van der Waals surface area (Å²) in [6.45, 7) is 12.4. The number of hydrogen-bond acceptors (Lipinski definition) is 4. The molecule has 0 bridgehead atoms. The molecule has 0 radical (unpaired) electrons. The van der Waals surface area contributed by atoms with Crippen molar-refractivity contribution in [1.29, 1.82) is 0 Å². The molecule has 0 aliphatic rings. The number of hydrogen-bond donors (Lipinski definition) is 1. The third-order valence-electron chi connectivity index (χ3n) is 4.85. The first-order valence-corrected chi connectivity index (χ1v) is 12.2. The van der Waals surface area contributed by atoms with Gasteiger partial charge in [0.1, 0.15) is 5.28 Å². The Kier molecular flexibility index (Phi) is 15.3. The molecule has 0 amide bonds. The minimum Gasteiger partial charge on any atom is -0.307 e. The zero-order chi connectivity index (χ0) is 19.0. The fourth-order valence-corrected chi connectivity index (χ4v) is 4.73. The first-order valence-electron chi connectivity index (χ1n) is 10.6. The van der Waals surface area contributed by atoms with Crippen LogP contribution in [0.3, 0.4) is 0 Å². The lowest BCUT2D eigenvalue weighted by molar-refractivity contribution is 0.171. The topological polar surface area (TPSA) is 47.6 Å². The van der Waals surface area contributed by atoms with Crippen LogP contribution in [0.1, 0.15) is 105 Å². The third kappa shape index (κ3) is 10.1. The van der Waals surface area contributed by atoms with Crippen LogP contribution in [0.25, 0.3) is 0 Å². The molecule has 1 unspecified atom stereocenters. The van der Waals surface area contributed by atoms with E-state index in [1.165, 1.54) is 32.1 Å². The summed E-state index contributed by atoms with van der Waals surface area (Å²) in [7, 11) is -3.18. The molecule has 0 heterocycles. The van der Waals surface area contributed by atoms with Gasteiger partial charge in [-0.05, 0) is 39.2 Å². The standard InChI is InChI=1S/C20H44NO3P/c1-6-10-13-14-15-16-17-21-20(5,9-4)25(22,23-18-11-7-2)24-19-12-8-3/h21H,6-19H2,1-5H3. The van der Waals surface area contributed by atoms with Crippen LogP contribution >= 0.6 is 7.60 Å². The van der Waals surface area contributed by atoms with Crippen molar-refractivity contribution in [3.8, 4) is 0 Å². The smallest absolute Gasteiger partial charge is 0.307 e. The van der Waals surface area contributed by atoms with Gasteiger partial charge in [0, 0.05) is 0 Å². The van der Waals surface area contributed by atoms with Gasteiger partial charge < -0.3 is 14.4 Å². The zero-order valence-corrected chi connectivity index (χ0v) is 18.5. The highest BCUT2D eigenvalue weighted by Gasteiger charge is 2.45. The summed E-state index contributed by atoms with van der Waals surface area (Å²) in [5, 5.41) is 2.92. The molecule has 0 rings (SSSR count). The van der Waals surface area contributed by atoms with E-state index >= 15 is 0 Å². The molecule has 5 heteroatoms. The molecule has 0 fully saturated rings. The predicted molar refractivity (Wildman–Crippen MR) is 109 cm³/mol. The molecular formula is C20H44NO3P. The Bertz CT molecular complexity index is 338. The summed E-state index contributed by atoms with van der Waals surface area (Å²) in [6.07, 6.45) is 12.2. The Morgan fingerprint density at radius 1 is 0.760 bits per heavy atom. The Morgan fingerprint density at radius 3 is 1.72 bits per heavy atom. The maximum Gasteiger partial charge on any atom is 0.350 e. The lowest BCUT2D eigenvalue weighted by Gasteiger charge is -2.36. The van der Waals surface area contributed by atoms with Crippen LogP contribution in [0.15, 0.2) is 0 Å². The second kappa shape index (κ2) is 15.2. The quantitative estimate of drug-likeness (QED) is 0.209. The van der Waals surface area contributed by atoms with Crippen LogP contribution in [-0.2, 0) is 13.6 Å². The van der Waals surface area contributed by atoms with Gasteiger partial charge in [-0.3, -0.25) is 4.57 Å². The van der Waals surface area contributed by atoms with E-state index in [1.54, 1.807) is 0 Å². The minimum absolute atomic E-state index is 0.508. The first-order chi connectivity index (χ1) is 12.0. The van der Waals surface area contributed by atoms with Crippen molar-refractivity contribution in [2.24, 2.45) is 0 Å². The molecule has 0 saturated heterocycles. The average Bonchev–Trinajstić information content (AvgIpc) is 2.61. The molecule has 25 heavy (non-hydrogen) atoms. The van der Waals surface area contributed by atoms with Crippen LogP contribution < -0.4 is 5.32 Å². The lowest BCUT2D eigenvalue weighted by atomic mass is 10.1. The Morgan fingerprint density at radius 2 is 1.24 bits per heavy atom. The van der Waals surface area contributed by atoms with Crippen molar-refractivity contribution in [3.63, 3.8) is 0 Å². The maximum atomic E-state index is 13.5. The predicted octanol–water partition coefficient (Wildman–Crippen LogP) is 6.89. The van der Waals surface area contributed by atoms with Gasteiger partial charge in [0.15, 0.2) is 0 Å². The van der Waals surface area contributed by atoms with Crippen molar-refractivity contribution in [3.05, 3.63) is 0 Å². The van der Waals surface area contributed by atoms with Gasteiger partial charge in [-0.2, -0.15) is 0 Å².